The van der Waals surface area contributed by atoms with Crippen molar-refractivity contribution in [1.82, 2.24) is 0 Å². The van der Waals surface area contributed by atoms with Crippen LogP contribution in [0, 0.1) is 0 Å². The minimum atomic E-state index is -0.804. The summed E-state index contributed by atoms with van der Waals surface area (Å²) in [6, 6.07) is 5.59. The first kappa shape index (κ1) is 10.8. The maximum atomic E-state index is 10.7. The van der Waals surface area contributed by atoms with E-state index >= 15 is 0 Å². The third kappa shape index (κ3) is 2.10. The summed E-state index contributed by atoms with van der Waals surface area (Å²) in [7, 11) is 0. The molecule has 0 radical (unpaired) electrons. The second-order valence-electron chi connectivity index (χ2n) is 3.87. The Balaban J connectivity index is 2.29. The van der Waals surface area contributed by atoms with Gasteiger partial charge in [-0.15, -0.1) is 0 Å². The topological polar surface area (TPSA) is 55.8 Å². The summed E-state index contributed by atoms with van der Waals surface area (Å²) in [5.41, 5.74) is 0.902. The molecular formula is C12H14O4. The molecule has 0 saturated carbocycles. The largest absolute Gasteiger partial charge is 0.486 e. The first-order chi connectivity index (χ1) is 7.68. The number of rotatable bonds is 3. The van der Waals surface area contributed by atoms with Crippen LogP contribution in [0.2, 0.25) is 0 Å². The summed E-state index contributed by atoms with van der Waals surface area (Å²) >= 11 is 0. The Kier molecular flexibility index (Phi) is 2.99. The van der Waals surface area contributed by atoms with Gasteiger partial charge >= 0.3 is 5.97 Å². The number of carboxylic acid groups (broad SMARTS) is 1. The van der Waals surface area contributed by atoms with Crippen LogP contribution in [0.3, 0.4) is 0 Å². The number of hydrogen-bond donors (Lipinski definition) is 1. The normalized spacial score (nSPS) is 15.6. The third-order valence-corrected chi connectivity index (χ3v) is 2.61. The minimum absolute atomic E-state index is 0.0749. The van der Waals surface area contributed by atoms with E-state index in [1.165, 1.54) is 0 Å². The van der Waals surface area contributed by atoms with E-state index in [2.05, 4.69) is 0 Å². The molecule has 2 rings (SSSR count). The van der Waals surface area contributed by atoms with Crippen molar-refractivity contribution in [3.8, 4) is 11.5 Å². The van der Waals surface area contributed by atoms with E-state index in [1.54, 1.807) is 0 Å². The van der Waals surface area contributed by atoms with E-state index in [-0.39, 0.29) is 12.3 Å². The maximum Gasteiger partial charge on any atom is 0.303 e. The van der Waals surface area contributed by atoms with E-state index in [1.807, 2.05) is 25.1 Å². The van der Waals surface area contributed by atoms with Gasteiger partial charge in [-0.05, 0) is 12.0 Å². The van der Waals surface area contributed by atoms with E-state index < -0.39 is 5.97 Å². The van der Waals surface area contributed by atoms with Crippen LogP contribution in [-0.4, -0.2) is 24.3 Å². The Labute approximate surface area is 93.8 Å². The van der Waals surface area contributed by atoms with Crippen LogP contribution < -0.4 is 9.47 Å². The lowest BCUT2D eigenvalue weighted by Gasteiger charge is -2.23. The number of carbonyl (C=O) groups is 1. The van der Waals surface area contributed by atoms with Crippen LogP contribution in [0.4, 0.5) is 0 Å². The Morgan fingerprint density at radius 2 is 2.19 bits per heavy atom. The van der Waals surface area contributed by atoms with Crippen LogP contribution in [0.1, 0.15) is 24.8 Å². The van der Waals surface area contributed by atoms with E-state index in [9.17, 15) is 4.79 Å². The number of aliphatic carboxylic acids is 1. The molecule has 1 aromatic rings. The van der Waals surface area contributed by atoms with Crippen molar-refractivity contribution in [1.29, 1.82) is 0 Å². The smallest absolute Gasteiger partial charge is 0.303 e. The molecule has 0 amide bonds. The van der Waals surface area contributed by atoms with Gasteiger partial charge in [0.2, 0.25) is 0 Å². The van der Waals surface area contributed by atoms with Crippen LogP contribution >= 0.6 is 0 Å². The molecule has 86 valence electrons. The molecule has 1 atom stereocenters. The van der Waals surface area contributed by atoms with Crippen molar-refractivity contribution < 1.29 is 19.4 Å². The van der Waals surface area contributed by atoms with Gasteiger partial charge in [0, 0.05) is 5.56 Å². The Bertz CT molecular complexity index is 400. The molecule has 1 aliphatic rings. The zero-order valence-corrected chi connectivity index (χ0v) is 9.10. The molecule has 0 aliphatic carbocycles. The Hall–Kier alpha value is -1.71. The highest BCUT2D eigenvalue weighted by Gasteiger charge is 2.20. The monoisotopic (exact) mass is 222 g/mol. The van der Waals surface area contributed by atoms with Crippen molar-refractivity contribution in [2.75, 3.05) is 13.2 Å². The molecule has 0 fully saturated rings. The third-order valence-electron chi connectivity index (χ3n) is 2.61. The average Bonchev–Trinajstić information content (AvgIpc) is 2.27. The van der Waals surface area contributed by atoms with Gasteiger partial charge in [-0.2, -0.15) is 0 Å². The molecule has 0 aromatic heterocycles. The van der Waals surface area contributed by atoms with Gasteiger partial charge in [0.15, 0.2) is 11.5 Å². The number of ether oxygens (including phenoxy) is 2. The first-order valence-electron chi connectivity index (χ1n) is 5.29. The second-order valence-corrected chi connectivity index (χ2v) is 3.87. The van der Waals surface area contributed by atoms with Crippen molar-refractivity contribution in [3.05, 3.63) is 23.8 Å². The molecule has 1 heterocycles. The number of benzene rings is 1. The fourth-order valence-electron chi connectivity index (χ4n) is 1.86. The van der Waals surface area contributed by atoms with Crippen molar-refractivity contribution >= 4 is 5.97 Å². The van der Waals surface area contributed by atoms with Gasteiger partial charge in [-0.25, -0.2) is 0 Å². The molecular weight excluding hydrogens is 208 g/mol. The van der Waals surface area contributed by atoms with Gasteiger partial charge in [0.1, 0.15) is 13.2 Å². The predicted molar refractivity (Wildman–Crippen MR) is 58.1 cm³/mol. The average molecular weight is 222 g/mol. The molecule has 0 bridgehead atoms. The Morgan fingerprint density at radius 1 is 1.44 bits per heavy atom. The highest BCUT2D eigenvalue weighted by atomic mass is 16.6. The van der Waals surface area contributed by atoms with E-state index in [0.717, 1.165) is 5.56 Å². The Morgan fingerprint density at radius 3 is 2.94 bits per heavy atom. The number of carboxylic acids is 1. The fraction of sp³-hybridized carbons (Fsp3) is 0.417. The zero-order valence-electron chi connectivity index (χ0n) is 9.10. The van der Waals surface area contributed by atoms with Gasteiger partial charge in [-0.3, -0.25) is 4.79 Å². The summed E-state index contributed by atoms with van der Waals surface area (Å²) in [6.07, 6.45) is 0.0970. The molecule has 1 N–H and O–H groups in total. The van der Waals surface area contributed by atoms with Gasteiger partial charge in [-0.1, -0.05) is 19.1 Å². The minimum Gasteiger partial charge on any atom is -0.486 e. The van der Waals surface area contributed by atoms with E-state index in [4.69, 9.17) is 14.6 Å². The SMILES string of the molecule is CC(CC(=O)O)c1cccc2c1OCCO2. The van der Waals surface area contributed by atoms with Crippen LogP contribution in [0.5, 0.6) is 11.5 Å². The molecule has 16 heavy (non-hydrogen) atoms. The standard InChI is InChI=1S/C12H14O4/c1-8(7-11(13)14)9-3-2-4-10-12(9)16-6-5-15-10/h2-4,8H,5-7H2,1H3,(H,13,14). The van der Waals surface area contributed by atoms with Crippen molar-refractivity contribution in [2.45, 2.75) is 19.3 Å². The maximum absolute atomic E-state index is 10.7. The second kappa shape index (κ2) is 4.43. The molecule has 0 spiro atoms. The summed E-state index contributed by atoms with van der Waals surface area (Å²) in [6.45, 7) is 2.94. The summed E-state index contributed by atoms with van der Waals surface area (Å²) in [4.78, 5) is 10.7. The summed E-state index contributed by atoms with van der Waals surface area (Å²) < 4.78 is 11.0. The first-order valence-corrected chi connectivity index (χ1v) is 5.29. The van der Waals surface area contributed by atoms with Crippen LogP contribution in [-0.2, 0) is 4.79 Å². The molecule has 0 saturated heterocycles. The van der Waals surface area contributed by atoms with Crippen LogP contribution in [0.15, 0.2) is 18.2 Å². The van der Waals surface area contributed by atoms with E-state index in [0.29, 0.717) is 24.7 Å². The number of hydrogen-bond acceptors (Lipinski definition) is 3. The van der Waals surface area contributed by atoms with Crippen molar-refractivity contribution in [3.63, 3.8) is 0 Å². The lowest BCUT2D eigenvalue weighted by molar-refractivity contribution is -0.137. The summed E-state index contributed by atoms with van der Waals surface area (Å²) in [5.74, 6) is 0.527. The van der Waals surface area contributed by atoms with Gasteiger partial charge < -0.3 is 14.6 Å². The highest BCUT2D eigenvalue weighted by Crippen LogP contribution is 2.38. The number of fused-ring (bicyclic) bond motifs is 1. The van der Waals surface area contributed by atoms with Gasteiger partial charge in [0.25, 0.3) is 0 Å². The highest BCUT2D eigenvalue weighted by molar-refractivity contribution is 5.68. The molecule has 1 aromatic carbocycles. The molecule has 1 aliphatic heterocycles. The molecule has 4 nitrogen and oxygen atoms in total. The van der Waals surface area contributed by atoms with Crippen molar-refractivity contribution in [2.24, 2.45) is 0 Å². The molecule has 1 unspecified atom stereocenters. The number of para-hydroxylation sites is 1. The summed E-state index contributed by atoms with van der Waals surface area (Å²) in [5, 5.41) is 8.78. The van der Waals surface area contributed by atoms with Crippen LogP contribution in [0.25, 0.3) is 0 Å². The predicted octanol–water partition coefficient (Wildman–Crippen LogP) is 2.04. The quantitative estimate of drug-likeness (QED) is 0.850. The lowest BCUT2D eigenvalue weighted by atomic mass is 9.96. The fourth-order valence-corrected chi connectivity index (χ4v) is 1.86. The molecule has 4 heteroatoms. The zero-order chi connectivity index (χ0) is 11.5. The van der Waals surface area contributed by atoms with Gasteiger partial charge in [0.05, 0.1) is 6.42 Å². The lowest BCUT2D eigenvalue weighted by Crippen LogP contribution is -2.17.